The van der Waals surface area contributed by atoms with Crippen LogP contribution in [-0.4, -0.2) is 33.5 Å². The number of hydrogen-bond donors (Lipinski definition) is 0. The number of methoxy groups -OCH3 is 1. The van der Waals surface area contributed by atoms with Gasteiger partial charge in [0.15, 0.2) is 0 Å². The number of carbonyl (C=O) groups is 1. The molecule has 0 N–H and O–H groups in total. The van der Waals surface area contributed by atoms with Crippen LogP contribution in [0.25, 0.3) is 0 Å². The first-order valence-corrected chi connectivity index (χ1v) is 10.5. The van der Waals surface area contributed by atoms with Crippen molar-refractivity contribution in [2.45, 2.75) is 32.9 Å². The molecule has 8 nitrogen and oxygen atoms in total. The Balaban J connectivity index is 1.70. The monoisotopic (exact) mass is 441 g/mol. The molecule has 0 fully saturated rings. The molecule has 1 unspecified atom stereocenters. The van der Waals surface area contributed by atoms with Crippen LogP contribution in [0.3, 0.4) is 0 Å². The molecule has 0 spiro atoms. The normalized spacial score (nSPS) is 15.2. The molecule has 0 aliphatic carbocycles. The van der Waals surface area contributed by atoms with Crippen molar-refractivity contribution in [3.05, 3.63) is 92.9 Å². The lowest BCUT2D eigenvalue weighted by Gasteiger charge is -2.22. The Bertz CT molecular complexity index is 1320. The highest BCUT2D eigenvalue weighted by molar-refractivity contribution is 6.03. The average molecular weight is 441 g/mol. The third-order valence-corrected chi connectivity index (χ3v) is 5.81. The highest BCUT2D eigenvalue weighted by atomic mass is 16.5. The lowest BCUT2D eigenvalue weighted by Crippen LogP contribution is -2.36. The molecule has 1 aromatic heterocycles. The maximum absolute atomic E-state index is 13.4. The summed E-state index contributed by atoms with van der Waals surface area (Å²) >= 11 is 0. The van der Waals surface area contributed by atoms with Gasteiger partial charge in [-0.05, 0) is 42.7 Å². The minimum Gasteiger partial charge on any atom is -0.497 e. The average Bonchev–Trinajstić information content (AvgIpc) is 3.29. The number of rotatable bonds is 5. The predicted molar refractivity (Wildman–Crippen MR) is 123 cm³/mol. The molecule has 3 aromatic rings. The van der Waals surface area contributed by atoms with Crippen molar-refractivity contribution in [3.63, 3.8) is 0 Å². The lowest BCUT2D eigenvalue weighted by atomic mass is 9.98. The smallest absolute Gasteiger partial charge is 0.285 e. The number of carbonyl (C=O) groups excluding carboxylic acids is 1. The Labute approximate surface area is 191 Å². The number of aromatic nitrogens is 2. The van der Waals surface area contributed by atoms with Gasteiger partial charge in [-0.25, -0.2) is 9.69 Å². The highest BCUT2D eigenvalue weighted by Gasteiger charge is 2.33. The van der Waals surface area contributed by atoms with Gasteiger partial charge >= 0.3 is 0 Å². The van der Waals surface area contributed by atoms with E-state index in [2.05, 4.69) is 10.2 Å². The number of nitrogens with zero attached hydrogens (tertiary/aromatic N) is 5. The molecule has 1 amide bonds. The van der Waals surface area contributed by atoms with Crippen LogP contribution in [0.5, 0.6) is 5.75 Å². The van der Waals surface area contributed by atoms with Crippen LogP contribution >= 0.6 is 0 Å². The molecular weight excluding hydrogens is 418 g/mol. The molecular formula is C25H23N5O3. The summed E-state index contributed by atoms with van der Waals surface area (Å²) in [6, 6.07) is 18.7. The van der Waals surface area contributed by atoms with E-state index in [0.29, 0.717) is 23.4 Å². The van der Waals surface area contributed by atoms with Crippen molar-refractivity contribution in [3.8, 4) is 11.8 Å². The third-order valence-electron chi connectivity index (χ3n) is 5.81. The molecule has 1 aliphatic heterocycles. The second-order valence-corrected chi connectivity index (χ2v) is 7.80. The summed E-state index contributed by atoms with van der Waals surface area (Å²) in [5.74, 6) is 0.331. The van der Waals surface area contributed by atoms with Crippen LogP contribution in [0, 0.1) is 25.2 Å². The number of benzene rings is 2. The molecule has 1 aliphatic rings. The maximum Gasteiger partial charge on any atom is 0.285 e. The minimum absolute atomic E-state index is 0.00287. The number of hydrogen-bond acceptors (Lipinski definition) is 6. The van der Waals surface area contributed by atoms with Crippen LogP contribution in [-0.2, 0) is 11.3 Å². The van der Waals surface area contributed by atoms with Crippen molar-refractivity contribution in [2.75, 3.05) is 7.11 Å². The Morgan fingerprint density at radius 3 is 2.48 bits per heavy atom. The summed E-state index contributed by atoms with van der Waals surface area (Å²) in [4.78, 5) is 26.0. The van der Waals surface area contributed by atoms with Gasteiger partial charge in [0.05, 0.1) is 24.6 Å². The Morgan fingerprint density at radius 1 is 1.15 bits per heavy atom. The van der Waals surface area contributed by atoms with Gasteiger partial charge in [-0.3, -0.25) is 9.59 Å². The first-order chi connectivity index (χ1) is 15.9. The van der Waals surface area contributed by atoms with E-state index in [1.165, 1.54) is 5.01 Å². The summed E-state index contributed by atoms with van der Waals surface area (Å²) in [5, 5.41) is 19.6. The largest absolute Gasteiger partial charge is 0.497 e. The predicted octanol–water partition coefficient (Wildman–Crippen LogP) is 3.12. The van der Waals surface area contributed by atoms with Gasteiger partial charge in [0.2, 0.25) is 0 Å². The van der Waals surface area contributed by atoms with Crippen molar-refractivity contribution < 1.29 is 9.53 Å². The highest BCUT2D eigenvalue weighted by Crippen LogP contribution is 2.33. The fourth-order valence-corrected chi connectivity index (χ4v) is 3.84. The molecule has 1 atom stereocenters. The fourth-order valence-electron chi connectivity index (χ4n) is 3.84. The molecule has 2 aromatic carbocycles. The Morgan fingerprint density at radius 2 is 1.85 bits per heavy atom. The zero-order chi connectivity index (χ0) is 23.5. The van der Waals surface area contributed by atoms with Gasteiger partial charge in [0.1, 0.15) is 23.9 Å². The van der Waals surface area contributed by atoms with Gasteiger partial charge in [0.25, 0.3) is 11.5 Å². The SMILES string of the molecule is COc1ccc(C2CC(c3ccccc3)=NN2C(=O)Cn2nc(C)c(C)c(C#N)c2=O)cc1. The summed E-state index contributed by atoms with van der Waals surface area (Å²) in [6.45, 7) is 3.07. The van der Waals surface area contributed by atoms with Gasteiger partial charge in [0, 0.05) is 6.42 Å². The van der Waals surface area contributed by atoms with E-state index in [0.717, 1.165) is 21.5 Å². The number of ether oxygens (including phenoxy) is 1. The first kappa shape index (κ1) is 22.0. The van der Waals surface area contributed by atoms with Gasteiger partial charge in [-0.2, -0.15) is 15.5 Å². The number of aryl methyl sites for hydroxylation is 1. The molecule has 0 saturated heterocycles. The Hall–Kier alpha value is -4.25. The van der Waals surface area contributed by atoms with Gasteiger partial charge in [-0.15, -0.1) is 0 Å². The van der Waals surface area contributed by atoms with E-state index in [4.69, 9.17) is 4.74 Å². The zero-order valence-electron chi connectivity index (χ0n) is 18.6. The lowest BCUT2D eigenvalue weighted by molar-refractivity contribution is -0.133. The number of nitriles is 1. The van der Waals surface area contributed by atoms with Crippen molar-refractivity contribution in [2.24, 2.45) is 5.10 Å². The van der Waals surface area contributed by atoms with Gasteiger partial charge in [-0.1, -0.05) is 42.5 Å². The van der Waals surface area contributed by atoms with Crippen molar-refractivity contribution >= 4 is 11.6 Å². The van der Waals surface area contributed by atoms with E-state index in [9.17, 15) is 14.9 Å². The summed E-state index contributed by atoms with van der Waals surface area (Å²) in [5.41, 5.74) is 3.08. The first-order valence-electron chi connectivity index (χ1n) is 10.5. The van der Waals surface area contributed by atoms with E-state index >= 15 is 0 Å². The van der Waals surface area contributed by atoms with Gasteiger partial charge < -0.3 is 4.74 Å². The standard InChI is InChI=1S/C25H23N5O3/c1-16-17(2)27-29(25(32)21(16)14-26)15-24(31)30-23(19-9-11-20(33-3)12-10-19)13-22(28-30)18-7-5-4-6-8-18/h4-12,23H,13,15H2,1-3H3. The fraction of sp³-hybridized carbons (Fsp3) is 0.240. The van der Waals surface area contributed by atoms with E-state index < -0.39 is 5.56 Å². The van der Waals surface area contributed by atoms with Crippen molar-refractivity contribution in [1.82, 2.24) is 14.8 Å². The molecule has 8 heteroatoms. The summed E-state index contributed by atoms with van der Waals surface area (Å²) in [6.07, 6.45) is 0.529. The number of hydrazone groups is 1. The molecule has 2 heterocycles. The quantitative estimate of drug-likeness (QED) is 0.606. The van der Waals surface area contributed by atoms with E-state index in [1.807, 2.05) is 60.7 Å². The van der Waals surface area contributed by atoms with E-state index in [-0.39, 0.29) is 24.1 Å². The maximum atomic E-state index is 13.4. The second kappa shape index (κ2) is 9.09. The van der Waals surface area contributed by atoms with E-state index in [1.54, 1.807) is 21.0 Å². The summed E-state index contributed by atoms with van der Waals surface area (Å²) < 4.78 is 6.30. The third kappa shape index (κ3) is 4.26. The topological polar surface area (TPSA) is 101 Å². The van der Waals surface area contributed by atoms with Crippen LogP contribution in [0.1, 0.15) is 40.4 Å². The van der Waals surface area contributed by atoms with Crippen LogP contribution in [0.4, 0.5) is 0 Å². The second-order valence-electron chi connectivity index (χ2n) is 7.80. The molecule has 0 saturated carbocycles. The minimum atomic E-state index is -0.582. The number of amides is 1. The molecule has 166 valence electrons. The summed E-state index contributed by atoms with van der Waals surface area (Å²) in [7, 11) is 1.60. The molecule has 0 radical (unpaired) electrons. The van der Waals surface area contributed by atoms with Crippen molar-refractivity contribution in [1.29, 1.82) is 5.26 Å². The molecule has 33 heavy (non-hydrogen) atoms. The van der Waals surface area contributed by atoms with Crippen LogP contribution in [0.15, 0.2) is 64.5 Å². The molecule has 4 rings (SSSR count). The molecule has 0 bridgehead atoms. The van der Waals surface area contributed by atoms with Crippen LogP contribution in [0.2, 0.25) is 0 Å². The zero-order valence-corrected chi connectivity index (χ0v) is 18.6. The Kier molecular flexibility index (Phi) is 6.05. The van der Waals surface area contributed by atoms with Crippen LogP contribution < -0.4 is 10.3 Å².